The first-order valence-corrected chi connectivity index (χ1v) is 3.74. The highest BCUT2D eigenvalue weighted by Gasteiger charge is 2.12. The van der Waals surface area contributed by atoms with Crippen molar-refractivity contribution in [3.8, 4) is 0 Å². The molecule has 1 heterocycles. The first-order valence-electron chi connectivity index (χ1n) is 3.74. The number of hydrogen-bond acceptors (Lipinski definition) is 1. The molecule has 1 heteroatoms. The van der Waals surface area contributed by atoms with Crippen LogP contribution in [0.15, 0.2) is 30.6 Å². The van der Waals surface area contributed by atoms with E-state index in [4.69, 9.17) is 0 Å². The summed E-state index contributed by atoms with van der Waals surface area (Å²) in [6.07, 6.45) is 6.47. The average molecular weight is 135 g/mol. The fourth-order valence-corrected chi connectivity index (χ4v) is 0.479. The zero-order valence-corrected chi connectivity index (χ0v) is 6.33. The van der Waals surface area contributed by atoms with Crippen molar-refractivity contribution in [2.45, 2.75) is 19.8 Å². The van der Waals surface area contributed by atoms with Gasteiger partial charge < -0.3 is 0 Å². The monoisotopic (exact) mass is 135 g/mol. The fraction of sp³-hybridized carbons (Fsp3) is 0.444. The summed E-state index contributed by atoms with van der Waals surface area (Å²) in [6.45, 7) is 2.28. The molecule has 0 atom stereocenters. The number of aromatic nitrogens is 1. The first kappa shape index (κ1) is 7.26. The van der Waals surface area contributed by atoms with Gasteiger partial charge in [0, 0.05) is 12.4 Å². The molecule has 1 aromatic heterocycles. The van der Waals surface area contributed by atoms with E-state index in [-0.39, 0.29) is 0 Å². The van der Waals surface area contributed by atoms with Gasteiger partial charge in [-0.25, -0.2) is 0 Å². The van der Waals surface area contributed by atoms with E-state index in [0.717, 1.165) is 5.92 Å². The second-order valence-corrected chi connectivity index (χ2v) is 2.71. The molecule has 0 aromatic carbocycles. The van der Waals surface area contributed by atoms with Crippen LogP contribution in [-0.4, -0.2) is 4.98 Å². The van der Waals surface area contributed by atoms with E-state index in [0.29, 0.717) is 0 Å². The summed E-state index contributed by atoms with van der Waals surface area (Å²) in [7, 11) is 0. The molecule has 1 aliphatic carbocycles. The van der Waals surface area contributed by atoms with Gasteiger partial charge in [-0.15, -0.1) is 0 Å². The van der Waals surface area contributed by atoms with Crippen molar-refractivity contribution in [3.05, 3.63) is 30.6 Å². The lowest BCUT2D eigenvalue weighted by Crippen LogP contribution is -1.58. The summed E-state index contributed by atoms with van der Waals surface area (Å²) in [5, 5.41) is 0. The molecule has 0 saturated heterocycles. The van der Waals surface area contributed by atoms with E-state index < -0.39 is 0 Å². The molecule has 10 heavy (non-hydrogen) atoms. The highest BCUT2D eigenvalue weighted by molar-refractivity contribution is 4.88. The fourth-order valence-electron chi connectivity index (χ4n) is 0.479. The SMILES string of the molecule is CC1CC1.c1ccncc1. The largest absolute Gasteiger partial charge is 0.265 e. The maximum atomic E-state index is 3.78. The lowest BCUT2D eigenvalue weighted by Gasteiger charge is -1.70. The smallest absolute Gasteiger partial charge is 0.0267 e. The summed E-state index contributed by atoms with van der Waals surface area (Å²) in [5.74, 6) is 1.08. The zero-order valence-electron chi connectivity index (χ0n) is 6.33. The predicted octanol–water partition coefficient (Wildman–Crippen LogP) is 2.50. The molecule has 1 aromatic rings. The molecule has 54 valence electrons. The van der Waals surface area contributed by atoms with E-state index >= 15 is 0 Å². The Morgan fingerprint density at radius 3 is 1.70 bits per heavy atom. The van der Waals surface area contributed by atoms with Crippen molar-refractivity contribution in [2.24, 2.45) is 5.92 Å². The van der Waals surface area contributed by atoms with Gasteiger partial charge in [-0.1, -0.05) is 25.8 Å². The van der Waals surface area contributed by atoms with Crippen LogP contribution in [0.4, 0.5) is 0 Å². The van der Waals surface area contributed by atoms with Crippen molar-refractivity contribution < 1.29 is 0 Å². The van der Waals surface area contributed by atoms with E-state index in [1.54, 1.807) is 12.4 Å². The van der Waals surface area contributed by atoms with Crippen molar-refractivity contribution in [3.63, 3.8) is 0 Å². The number of nitrogens with zero attached hydrogens (tertiary/aromatic N) is 1. The number of rotatable bonds is 0. The van der Waals surface area contributed by atoms with Crippen LogP contribution < -0.4 is 0 Å². The van der Waals surface area contributed by atoms with Gasteiger partial charge >= 0.3 is 0 Å². The average Bonchev–Trinajstić information content (AvgIpc) is 2.77. The third kappa shape index (κ3) is 4.07. The van der Waals surface area contributed by atoms with E-state index in [2.05, 4.69) is 11.9 Å². The van der Waals surface area contributed by atoms with Gasteiger partial charge in [0.25, 0.3) is 0 Å². The second kappa shape index (κ2) is 4.04. The maximum absolute atomic E-state index is 3.78. The van der Waals surface area contributed by atoms with Gasteiger partial charge in [0.15, 0.2) is 0 Å². The molecule has 1 nitrogen and oxygen atoms in total. The molecule has 1 aliphatic rings. The standard InChI is InChI=1S/C5H5N.C4H8/c1-2-4-6-5-3-1;1-4-2-3-4/h1-5H;4H,2-3H2,1H3. The summed E-state index contributed by atoms with van der Waals surface area (Å²) in [5.41, 5.74) is 0. The van der Waals surface area contributed by atoms with Crippen LogP contribution in [-0.2, 0) is 0 Å². The third-order valence-corrected chi connectivity index (χ3v) is 1.43. The molecular formula is C9H13N. The van der Waals surface area contributed by atoms with Gasteiger partial charge in [-0.2, -0.15) is 0 Å². The van der Waals surface area contributed by atoms with Crippen molar-refractivity contribution >= 4 is 0 Å². The molecule has 0 aliphatic heterocycles. The Hall–Kier alpha value is -0.850. The lowest BCUT2D eigenvalue weighted by molar-refractivity contribution is 0.983. The molecule has 0 amide bonds. The van der Waals surface area contributed by atoms with Gasteiger partial charge in [-0.3, -0.25) is 4.98 Å². The Labute approximate surface area is 62.1 Å². The van der Waals surface area contributed by atoms with Crippen LogP contribution in [0.1, 0.15) is 19.8 Å². The molecular weight excluding hydrogens is 122 g/mol. The van der Waals surface area contributed by atoms with Crippen LogP contribution in [0, 0.1) is 5.92 Å². The van der Waals surface area contributed by atoms with Crippen molar-refractivity contribution in [2.75, 3.05) is 0 Å². The molecule has 0 radical (unpaired) electrons. The van der Waals surface area contributed by atoms with Crippen LogP contribution >= 0.6 is 0 Å². The van der Waals surface area contributed by atoms with Gasteiger partial charge in [0.05, 0.1) is 0 Å². The Balaban J connectivity index is 0.000000108. The molecule has 2 rings (SSSR count). The summed E-state index contributed by atoms with van der Waals surface area (Å²) in [4.78, 5) is 3.78. The third-order valence-electron chi connectivity index (χ3n) is 1.43. The minimum absolute atomic E-state index is 1.08. The van der Waals surface area contributed by atoms with Crippen LogP contribution in [0.5, 0.6) is 0 Å². The first-order chi connectivity index (χ1) is 4.89. The minimum atomic E-state index is 1.08. The predicted molar refractivity (Wildman–Crippen MR) is 42.6 cm³/mol. The van der Waals surface area contributed by atoms with Gasteiger partial charge in [0.2, 0.25) is 0 Å². The Bertz CT molecular complexity index is 129. The molecule has 0 spiro atoms. The maximum Gasteiger partial charge on any atom is 0.0267 e. The number of hydrogen-bond donors (Lipinski definition) is 0. The zero-order chi connectivity index (χ0) is 7.23. The van der Waals surface area contributed by atoms with E-state index in [1.165, 1.54) is 12.8 Å². The Morgan fingerprint density at radius 2 is 1.60 bits per heavy atom. The highest BCUT2D eigenvalue weighted by atomic mass is 14.6. The van der Waals surface area contributed by atoms with Gasteiger partial charge in [0.1, 0.15) is 0 Å². The van der Waals surface area contributed by atoms with Crippen molar-refractivity contribution in [1.29, 1.82) is 0 Å². The summed E-state index contributed by atoms with van der Waals surface area (Å²) < 4.78 is 0. The Kier molecular flexibility index (Phi) is 2.94. The van der Waals surface area contributed by atoms with Gasteiger partial charge in [-0.05, 0) is 18.1 Å². The van der Waals surface area contributed by atoms with E-state index in [9.17, 15) is 0 Å². The molecule has 0 N–H and O–H groups in total. The number of pyridine rings is 1. The summed E-state index contributed by atoms with van der Waals surface area (Å²) in [6, 6.07) is 5.72. The highest BCUT2D eigenvalue weighted by Crippen LogP contribution is 2.26. The lowest BCUT2D eigenvalue weighted by atomic mass is 10.5. The minimum Gasteiger partial charge on any atom is -0.265 e. The van der Waals surface area contributed by atoms with Crippen molar-refractivity contribution in [1.82, 2.24) is 4.98 Å². The van der Waals surface area contributed by atoms with Crippen LogP contribution in [0.3, 0.4) is 0 Å². The van der Waals surface area contributed by atoms with E-state index in [1.807, 2.05) is 18.2 Å². The normalized spacial score (nSPS) is 15.3. The second-order valence-electron chi connectivity index (χ2n) is 2.71. The summed E-state index contributed by atoms with van der Waals surface area (Å²) >= 11 is 0. The van der Waals surface area contributed by atoms with Crippen LogP contribution in [0.25, 0.3) is 0 Å². The Morgan fingerprint density at radius 1 is 1.10 bits per heavy atom. The topological polar surface area (TPSA) is 12.9 Å². The molecule has 0 unspecified atom stereocenters. The quantitative estimate of drug-likeness (QED) is 0.532. The molecule has 1 fully saturated rings. The molecule has 1 saturated carbocycles. The molecule has 0 bridgehead atoms. The van der Waals surface area contributed by atoms with Crippen LogP contribution in [0.2, 0.25) is 0 Å².